The number of halogens is 1. The van der Waals surface area contributed by atoms with Gasteiger partial charge < -0.3 is 20.4 Å². The summed E-state index contributed by atoms with van der Waals surface area (Å²) < 4.78 is 5.49. The van der Waals surface area contributed by atoms with E-state index in [0.29, 0.717) is 46.5 Å². The van der Waals surface area contributed by atoms with Crippen LogP contribution >= 0.6 is 11.6 Å². The lowest BCUT2D eigenvalue weighted by Crippen LogP contribution is -2.24. The molecule has 3 heterocycles. The SMILES string of the molecule is O=C(Nc1ccc2c(c1)C(=O)NCCO2)c1cc2cc(Cl)ncc2[nH]1. The van der Waals surface area contributed by atoms with Crippen molar-refractivity contribution in [2.75, 3.05) is 18.5 Å². The Morgan fingerprint density at radius 2 is 2.16 bits per heavy atom. The van der Waals surface area contributed by atoms with Crippen molar-refractivity contribution in [3.63, 3.8) is 0 Å². The van der Waals surface area contributed by atoms with Crippen molar-refractivity contribution < 1.29 is 14.3 Å². The summed E-state index contributed by atoms with van der Waals surface area (Å²) in [7, 11) is 0. The van der Waals surface area contributed by atoms with Crippen molar-refractivity contribution in [3.05, 3.63) is 52.9 Å². The molecular formula is C17H13ClN4O3. The molecule has 2 aromatic heterocycles. The van der Waals surface area contributed by atoms with Crippen molar-refractivity contribution in [3.8, 4) is 5.75 Å². The van der Waals surface area contributed by atoms with Crippen molar-refractivity contribution in [1.82, 2.24) is 15.3 Å². The van der Waals surface area contributed by atoms with Gasteiger partial charge in [0.1, 0.15) is 23.2 Å². The second kappa shape index (κ2) is 6.10. The van der Waals surface area contributed by atoms with Crippen LogP contribution in [0.1, 0.15) is 20.8 Å². The van der Waals surface area contributed by atoms with E-state index in [4.69, 9.17) is 16.3 Å². The van der Waals surface area contributed by atoms with Crippen molar-refractivity contribution in [2.24, 2.45) is 0 Å². The Morgan fingerprint density at radius 3 is 3.04 bits per heavy atom. The highest BCUT2D eigenvalue weighted by Crippen LogP contribution is 2.25. The quantitative estimate of drug-likeness (QED) is 0.615. The first-order valence-corrected chi connectivity index (χ1v) is 7.98. The van der Waals surface area contributed by atoms with Gasteiger partial charge in [0.15, 0.2) is 0 Å². The molecule has 0 unspecified atom stereocenters. The predicted octanol–water partition coefficient (Wildman–Crippen LogP) is 2.59. The Morgan fingerprint density at radius 1 is 1.28 bits per heavy atom. The third-order valence-corrected chi connectivity index (χ3v) is 4.05. The monoisotopic (exact) mass is 356 g/mol. The van der Waals surface area contributed by atoms with Crippen molar-refractivity contribution >= 4 is 40.0 Å². The molecule has 1 aliphatic heterocycles. The maximum absolute atomic E-state index is 12.5. The Labute approximate surface area is 147 Å². The van der Waals surface area contributed by atoms with Crippen molar-refractivity contribution in [2.45, 2.75) is 0 Å². The van der Waals surface area contributed by atoms with Gasteiger partial charge in [-0.1, -0.05) is 11.6 Å². The number of aromatic nitrogens is 2. The molecule has 0 aliphatic carbocycles. The van der Waals surface area contributed by atoms with Gasteiger partial charge in [-0.15, -0.1) is 0 Å². The number of hydrogen-bond acceptors (Lipinski definition) is 4. The lowest BCUT2D eigenvalue weighted by Gasteiger charge is -2.09. The van der Waals surface area contributed by atoms with E-state index in [9.17, 15) is 9.59 Å². The van der Waals surface area contributed by atoms with Crippen LogP contribution in [0.2, 0.25) is 5.15 Å². The van der Waals surface area contributed by atoms with Crippen molar-refractivity contribution in [1.29, 1.82) is 0 Å². The first-order valence-electron chi connectivity index (χ1n) is 7.61. The van der Waals surface area contributed by atoms with E-state index in [1.807, 2.05) is 0 Å². The van der Waals surface area contributed by atoms with Crippen LogP contribution in [-0.2, 0) is 0 Å². The molecule has 0 bridgehead atoms. The summed E-state index contributed by atoms with van der Waals surface area (Å²) in [6, 6.07) is 8.32. The van der Waals surface area contributed by atoms with E-state index >= 15 is 0 Å². The number of H-pyrrole nitrogens is 1. The third kappa shape index (κ3) is 3.01. The van der Waals surface area contributed by atoms with Crippen LogP contribution in [0.5, 0.6) is 5.75 Å². The molecule has 7 nitrogen and oxygen atoms in total. The van der Waals surface area contributed by atoms with E-state index in [0.717, 1.165) is 5.39 Å². The van der Waals surface area contributed by atoms with Gasteiger partial charge in [-0.05, 0) is 30.3 Å². The maximum Gasteiger partial charge on any atom is 0.272 e. The second-order valence-corrected chi connectivity index (χ2v) is 5.93. The van der Waals surface area contributed by atoms with Gasteiger partial charge in [-0.2, -0.15) is 0 Å². The summed E-state index contributed by atoms with van der Waals surface area (Å²) in [5.41, 5.74) is 1.97. The van der Waals surface area contributed by atoms with Crippen LogP contribution in [0.25, 0.3) is 10.9 Å². The summed E-state index contributed by atoms with van der Waals surface area (Å²) >= 11 is 5.86. The molecule has 126 valence electrons. The number of nitrogens with one attached hydrogen (secondary N) is 3. The van der Waals surface area contributed by atoms with Crippen LogP contribution in [0.4, 0.5) is 5.69 Å². The normalized spacial score (nSPS) is 13.6. The second-order valence-electron chi connectivity index (χ2n) is 5.55. The number of fused-ring (bicyclic) bond motifs is 2. The van der Waals surface area contributed by atoms with E-state index in [2.05, 4.69) is 20.6 Å². The average Bonchev–Trinajstić information content (AvgIpc) is 2.93. The molecule has 4 rings (SSSR count). The lowest BCUT2D eigenvalue weighted by molar-refractivity contribution is 0.0955. The van der Waals surface area contributed by atoms with Gasteiger partial charge in [0.2, 0.25) is 0 Å². The highest BCUT2D eigenvalue weighted by Gasteiger charge is 2.18. The van der Waals surface area contributed by atoms with Crippen LogP contribution in [-0.4, -0.2) is 34.9 Å². The zero-order chi connectivity index (χ0) is 17.4. The van der Waals surface area contributed by atoms with Crippen LogP contribution in [0.15, 0.2) is 36.5 Å². The fraction of sp³-hybridized carbons (Fsp3) is 0.118. The number of anilines is 1. The first-order chi connectivity index (χ1) is 12.1. The molecule has 1 aromatic carbocycles. The minimum atomic E-state index is -0.331. The molecule has 0 spiro atoms. The summed E-state index contributed by atoms with van der Waals surface area (Å²) in [6.45, 7) is 0.858. The maximum atomic E-state index is 12.5. The molecule has 8 heteroatoms. The minimum Gasteiger partial charge on any atom is -0.491 e. The smallest absolute Gasteiger partial charge is 0.272 e. The molecule has 3 aromatic rings. The van der Waals surface area contributed by atoms with Gasteiger partial charge in [-0.3, -0.25) is 9.59 Å². The third-order valence-electron chi connectivity index (χ3n) is 3.84. The number of nitrogens with zero attached hydrogens (tertiary/aromatic N) is 1. The molecular weight excluding hydrogens is 344 g/mol. The molecule has 1 aliphatic rings. The van der Waals surface area contributed by atoms with Gasteiger partial charge in [-0.25, -0.2) is 4.98 Å². The fourth-order valence-corrected chi connectivity index (χ4v) is 2.82. The van der Waals surface area contributed by atoms with E-state index in [1.165, 1.54) is 0 Å². The number of hydrogen-bond donors (Lipinski definition) is 3. The molecule has 0 saturated heterocycles. The highest BCUT2D eigenvalue weighted by atomic mass is 35.5. The number of carbonyl (C=O) groups excluding carboxylic acids is 2. The zero-order valence-electron chi connectivity index (χ0n) is 12.9. The van der Waals surface area contributed by atoms with Gasteiger partial charge in [0.25, 0.3) is 11.8 Å². The average molecular weight is 357 g/mol. The van der Waals surface area contributed by atoms with Crippen LogP contribution < -0.4 is 15.4 Å². The molecule has 0 saturated carbocycles. The van der Waals surface area contributed by atoms with Gasteiger partial charge in [0.05, 0.1) is 23.8 Å². The number of ether oxygens (including phenoxy) is 1. The number of aromatic amines is 1. The summed E-state index contributed by atoms with van der Waals surface area (Å²) in [6.07, 6.45) is 1.57. The van der Waals surface area contributed by atoms with Gasteiger partial charge in [0, 0.05) is 11.1 Å². The minimum absolute atomic E-state index is 0.227. The first kappa shape index (κ1) is 15.5. The Bertz CT molecular complexity index is 999. The summed E-state index contributed by atoms with van der Waals surface area (Å²) in [5, 5.41) is 6.65. The Balaban J connectivity index is 1.60. The standard InChI is InChI=1S/C17H13ClN4O3/c18-15-6-9-5-12(22-13(9)8-20-15)17(24)21-10-1-2-14-11(7-10)16(23)19-3-4-25-14/h1-2,5-8,22H,3-4H2,(H,19,23)(H,21,24). The van der Waals surface area contributed by atoms with E-state index < -0.39 is 0 Å². The number of rotatable bonds is 2. The zero-order valence-corrected chi connectivity index (χ0v) is 13.7. The Kier molecular flexibility index (Phi) is 3.77. The molecule has 2 amide bonds. The molecule has 0 atom stereocenters. The van der Waals surface area contributed by atoms with E-state index in [1.54, 1.807) is 36.5 Å². The molecule has 25 heavy (non-hydrogen) atoms. The number of amides is 2. The van der Waals surface area contributed by atoms with Crippen LogP contribution in [0, 0.1) is 0 Å². The topological polar surface area (TPSA) is 96.1 Å². The lowest BCUT2D eigenvalue weighted by atomic mass is 10.1. The molecule has 3 N–H and O–H groups in total. The largest absolute Gasteiger partial charge is 0.491 e. The number of carbonyl (C=O) groups is 2. The number of benzene rings is 1. The Hall–Kier alpha value is -3.06. The molecule has 0 radical (unpaired) electrons. The van der Waals surface area contributed by atoms with Crippen LogP contribution in [0.3, 0.4) is 0 Å². The predicted molar refractivity (Wildman–Crippen MR) is 93.3 cm³/mol. The number of pyridine rings is 1. The van der Waals surface area contributed by atoms with E-state index in [-0.39, 0.29) is 11.8 Å². The molecule has 0 fully saturated rings. The summed E-state index contributed by atoms with van der Waals surface area (Å²) in [4.78, 5) is 31.5. The van der Waals surface area contributed by atoms with Gasteiger partial charge >= 0.3 is 0 Å². The summed E-state index contributed by atoms with van der Waals surface area (Å²) in [5.74, 6) is -0.0588. The highest BCUT2D eigenvalue weighted by molar-refractivity contribution is 6.30. The fourth-order valence-electron chi connectivity index (χ4n) is 2.66.